The standard InChI is InChI=1S/C56H95NO5/c1-4-7-10-13-16-19-22-24-25-26-27-28-29-31-34-37-40-43-46-49-56(61)62-52(47-44-41-38-35-32-21-18-15-12-9-6-3)50-55(60)57-53(51-58)54(59)48-45-42-39-36-33-30-23-20-17-14-11-8-5-2/h9,12,15-16,18-19,21,24-25,27-28,32,35,38,41,44,52-54,58-59H,4-8,10-11,13-14,17,20,22-23,26,29-31,33-34,36-37,39-40,42-43,45-51H2,1-3H3,(H,57,60)/b12-9+,18-15+,19-16-,25-24-,28-27-,32-21-,38-35-,44-41+. The Morgan fingerprint density at radius 3 is 1.48 bits per heavy atom. The molecule has 0 spiro atoms. The third kappa shape index (κ3) is 43.4. The van der Waals surface area contributed by atoms with Gasteiger partial charge in [-0.3, -0.25) is 9.59 Å². The van der Waals surface area contributed by atoms with E-state index < -0.39 is 18.2 Å². The molecule has 0 aliphatic heterocycles. The van der Waals surface area contributed by atoms with E-state index in [2.05, 4.69) is 68.6 Å². The average molecular weight is 862 g/mol. The van der Waals surface area contributed by atoms with Crippen molar-refractivity contribution in [3.63, 3.8) is 0 Å². The molecular weight excluding hydrogens is 767 g/mol. The summed E-state index contributed by atoms with van der Waals surface area (Å²) in [4.78, 5) is 26.0. The fraction of sp³-hybridized carbons (Fsp3) is 0.679. The number of hydrogen-bond donors (Lipinski definition) is 3. The van der Waals surface area contributed by atoms with Gasteiger partial charge < -0.3 is 20.3 Å². The minimum absolute atomic E-state index is 0.0288. The SMILES string of the molecule is CC/C=C/C=C/C=C\C=C/C=C/CC(CC(=O)NC(CO)C(O)CCCCCCCCCCCCCCC)OC(=O)CCCCCCCC/C=C\C/C=C\C/C=C\CCCCC. The number of nitrogens with one attached hydrogen (secondary N) is 1. The molecule has 62 heavy (non-hydrogen) atoms. The van der Waals surface area contributed by atoms with E-state index in [-0.39, 0.29) is 24.9 Å². The normalized spacial score (nSPS) is 14.1. The molecule has 0 aliphatic rings. The van der Waals surface area contributed by atoms with E-state index in [1.54, 1.807) is 0 Å². The number of ether oxygens (including phenoxy) is 1. The maximum atomic E-state index is 13.1. The summed E-state index contributed by atoms with van der Waals surface area (Å²) in [6, 6.07) is -0.747. The molecule has 6 nitrogen and oxygen atoms in total. The molecule has 354 valence electrons. The molecule has 0 aromatic rings. The van der Waals surface area contributed by atoms with Crippen LogP contribution in [0.15, 0.2) is 97.2 Å². The monoisotopic (exact) mass is 862 g/mol. The second-order valence-corrected chi connectivity index (χ2v) is 17.0. The first-order valence-electron chi connectivity index (χ1n) is 25.5. The number of carbonyl (C=O) groups excluding carboxylic acids is 2. The lowest BCUT2D eigenvalue weighted by atomic mass is 10.0. The van der Waals surface area contributed by atoms with Crippen molar-refractivity contribution in [1.29, 1.82) is 0 Å². The number of hydrogen-bond acceptors (Lipinski definition) is 5. The van der Waals surface area contributed by atoms with Gasteiger partial charge in [-0.1, -0.05) is 240 Å². The van der Waals surface area contributed by atoms with Crippen molar-refractivity contribution >= 4 is 11.9 Å². The first-order valence-corrected chi connectivity index (χ1v) is 25.5. The predicted octanol–water partition coefficient (Wildman–Crippen LogP) is 15.3. The van der Waals surface area contributed by atoms with Crippen molar-refractivity contribution < 1.29 is 24.5 Å². The minimum Gasteiger partial charge on any atom is -0.461 e. The van der Waals surface area contributed by atoms with E-state index in [4.69, 9.17) is 4.74 Å². The Morgan fingerprint density at radius 1 is 0.516 bits per heavy atom. The highest BCUT2D eigenvalue weighted by Gasteiger charge is 2.23. The van der Waals surface area contributed by atoms with Crippen LogP contribution in [0.2, 0.25) is 0 Å². The van der Waals surface area contributed by atoms with Gasteiger partial charge >= 0.3 is 5.97 Å². The van der Waals surface area contributed by atoms with Crippen LogP contribution in [0.1, 0.15) is 220 Å². The Bertz CT molecular complexity index is 1240. The third-order valence-corrected chi connectivity index (χ3v) is 11.0. The van der Waals surface area contributed by atoms with Gasteiger partial charge in [0.1, 0.15) is 6.10 Å². The van der Waals surface area contributed by atoms with E-state index in [0.29, 0.717) is 19.3 Å². The number of aliphatic hydroxyl groups excluding tert-OH is 2. The number of allylic oxidation sites excluding steroid dienone is 15. The topological polar surface area (TPSA) is 95.9 Å². The summed E-state index contributed by atoms with van der Waals surface area (Å²) >= 11 is 0. The number of unbranched alkanes of at least 4 members (excludes halogenated alkanes) is 21. The van der Waals surface area contributed by atoms with Gasteiger partial charge in [-0.25, -0.2) is 0 Å². The number of amides is 1. The van der Waals surface area contributed by atoms with Crippen molar-refractivity contribution in [2.75, 3.05) is 6.61 Å². The number of aliphatic hydroxyl groups is 2. The lowest BCUT2D eigenvalue weighted by molar-refractivity contribution is -0.150. The molecule has 0 rings (SSSR count). The highest BCUT2D eigenvalue weighted by molar-refractivity contribution is 5.77. The van der Waals surface area contributed by atoms with Crippen molar-refractivity contribution in [1.82, 2.24) is 5.32 Å². The number of carbonyl (C=O) groups is 2. The van der Waals surface area contributed by atoms with E-state index >= 15 is 0 Å². The van der Waals surface area contributed by atoms with Gasteiger partial charge in [0.25, 0.3) is 0 Å². The fourth-order valence-electron chi connectivity index (χ4n) is 7.16. The average Bonchev–Trinajstić information content (AvgIpc) is 3.26. The van der Waals surface area contributed by atoms with Crippen molar-refractivity contribution in [2.45, 2.75) is 238 Å². The van der Waals surface area contributed by atoms with Crippen LogP contribution in [0, 0.1) is 0 Å². The maximum Gasteiger partial charge on any atom is 0.306 e. The molecule has 0 aromatic heterocycles. The molecule has 0 saturated carbocycles. The minimum atomic E-state index is -0.824. The van der Waals surface area contributed by atoms with Crippen molar-refractivity contribution in [2.24, 2.45) is 0 Å². The van der Waals surface area contributed by atoms with Crippen LogP contribution >= 0.6 is 0 Å². The van der Waals surface area contributed by atoms with Gasteiger partial charge in [0, 0.05) is 12.8 Å². The Morgan fingerprint density at radius 2 is 0.952 bits per heavy atom. The lowest BCUT2D eigenvalue weighted by Gasteiger charge is -2.24. The third-order valence-electron chi connectivity index (χ3n) is 11.0. The summed E-state index contributed by atoms with van der Waals surface area (Å²) < 4.78 is 5.83. The summed E-state index contributed by atoms with van der Waals surface area (Å²) in [5.74, 6) is -0.629. The molecule has 1 amide bonds. The molecule has 3 N–H and O–H groups in total. The molecule has 3 atom stereocenters. The zero-order valence-corrected chi connectivity index (χ0v) is 40.2. The van der Waals surface area contributed by atoms with E-state index in [9.17, 15) is 19.8 Å². The Labute approximate surface area is 382 Å². The highest BCUT2D eigenvalue weighted by Crippen LogP contribution is 2.16. The molecule has 0 aliphatic carbocycles. The lowest BCUT2D eigenvalue weighted by Crippen LogP contribution is -2.46. The molecule has 0 radical (unpaired) electrons. The first-order chi connectivity index (χ1) is 30.5. The van der Waals surface area contributed by atoms with Gasteiger partial charge in [0.05, 0.1) is 25.2 Å². The second-order valence-electron chi connectivity index (χ2n) is 17.0. The number of rotatable bonds is 44. The van der Waals surface area contributed by atoms with Gasteiger partial charge in [-0.05, 0) is 57.8 Å². The van der Waals surface area contributed by atoms with Crippen LogP contribution in [0.4, 0.5) is 0 Å². The summed E-state index contributed by atoms with van der Waals surface area (Å²) in [5, 5.41) is 23.7. The molecule has 0 saturated heterocycles. The largest absolute Gasteiger partial charge is 0.461 e. The molecule has 0 bridgehead atoms. The van der Waals surface area contributed by atoms with Crippen LogP contribution < -0.4 is 5.32 Å². The molecule has 0 fully saturated rings. The maximum absolute atomic E-state index is 13.1. The predicted molar refractivity (Wildman–Crippen MR) is 268 cm³/mol. The molecular formula is C56H95NO5. The second kappa shape index (κ2) is 48.8. The van der Waals surface area contributed by atoms with Crippen LogP contribution in [0.5, 0.6) is 0 Å². The van der Waals surface area contributed by atoms with Gasteiger partial charge in [-0.2, -0.15) is 0 Å². The zero-order chi connectivity index (χ0) is 45.2. The van der Waals surface area contributed by atoms with Gasteiger partial charge in [0.15, 0.2) is 0 Å². The summed E-state index contributed by atoms with van der Waals surface area (Å²) in [7, 11) is 0. The number of esters is 1. The Kier molecular flexibility index (Phi) is 46.3. The van der Waals surface area contributed by atoms with Crippen LogP contribution in [0.3, 0.4) is 0 Å². The smallest absolute Gasteiger partial charge is 0.306 e. The van der Waals surface area contributed by atoms with Gasteiger partial charge in [-0.15, -0.1) is 0 Å². The van der Waals surface area contributed by atoms with Crippen LogP contribution in [-0.4, -0.2) is 46.9 Å². The molecule has 6 heteroatoms. The van der Waals surface area contributed by atoms with E-state index in [1.807, 2.05) is 54.7 Å². The molecule has 3 unspecified atom stereocenters. The van der Waals surface area contributed by atoms with E-state index in [1.165, 1.54) is 103 Å². The molecule has 0 heterocycles. The Hall–Kier alpha value is -3.22. The first kappa shape index (κ1) is 58.8. The van der Waals surface area contributed by atoms with Crippen LogP contribution in [-0.2, 0) is 14.3 Å². The van der Waals surface area contributed by atoms with Crippen molar-refractivity contribution in [3.8, 4) is 0 Å². The zero-order valence-electron chi connectivity index (χ0n) is 40.2. The summed E-state index contributed by atoms with van der Waals surface area (Å²) in [6.07, 6.45) is 64.9. The van der Waals surface area contributed by atoms with Crippen molar-refractivity contribution in [3.05, 3.63) is 97.2 Å². The summed E-state index contributed by atoms with van der Waals surface area (Å²) in [5.41, 5.74) is 0. The van der Waals surface area contributed by atoms with Crippen LogP contribution in [0.25, 0.3) is 0 Å². The summed E-state index contributed by atoms with van der Waals surface area (Å²) in [6.45, 7) is 6.26. The molecule has 0 aromatic carbocycles. The highest BCUT2D eigenvalue weighted by atomic mass is 16.5. The van der Waals surface area contributed by atoms with E-state index in [0.717, 1.165) is 70.6 Å². The quantitative estimate of drug-likeness (QED) is 0.0245. The fourth-order valence-corrected chi connectivity index (χ4v) is 7.16. The Balaban J connectivity index is 4.65. The van der Waals surface area contributed by atoms with Gasteiger partial charge in [0.2, 0.25) is 5.91 Å².